The number of hydrogen-bond donors (Lipinski definition) is 1. The van der Waals surface area contributed by atoms with Crippen LogP contribution in [0.2, 0.25) is 0 Å². The predicted octanol–water partition coefficient (Wildman–Crippen LogP) is 4.42. The van der Waals surface area contributed by atoms with Crippen LogP contribution in [0.25, 0.3) is 6.08 Å². The van der Waals surface area contributed by atoms with Crippen molar-refractivity contribution in [2.24, 2.45) is 0 Å². The molecular formula is C14H12BrNO2S. The van der Waals surface area contributed by atoms with E-state index in [9.17, 15) is 4.79 Å². The van der Waals surface area contributed by atoms with Gasteiger partial charge in [-0.05, 0) is 52.5 Å². The summed E-state index contributed by atoms with van der Waals surface area (Å²) in [7, 11) is 0. The largest absolute Gasteiger partial charge is 0.450 e. The molecule has 1 amide bonds. The topological polar surface area (TPSA) is 42.2 Å². The van der Waals surface area contributed by atoms with E-state index in [1.807, 2.05) is 30.5 Å². The van der Waals surface area contributed by atoms with Crippen molar-refractivity contribution in [3.63, 3.8) is 0 Å². The standard InChI is InChI=1S/C14H12BrNO2S/c1-19-12-5-3-2-4-11(12)16-14(17)9-7-10-6-8-13(15)18-10/h2-9H,1H3,(H,16,17)/b9-7+. The summed E-state index contributed by atoms with van der Waals surface area (Å²) in [4.78, 5) is 12.8. The second-order valence-corrected chi connectivity index (χ2v) is 5.29. The zero-order valence-electron chi connectivity index (χ0n) is 10.2. The Labute approximate surface area is 124 Å². The SMILES string of the molecule is CSc1ccccc1NC(=O)/C=C/c1ccc(Br)o1. The van der Waals surface area contributed by atoms with Crippen LogP contribution in [-0.2, 0) is 4.79 Å². The van der Waals surface area contributed by atoms with Gasteiger partial charge in [0.15, 0.2) is 4.67 Å². The van der Waals surface area contributed by atoms with Crippen molar-refractivity contribution in [3.8, 4) is 0 Å². The first-order valence-corrected chi connectivity index (χ1v) is 7.58. The van der Waals surface area contributed by atoms with Crippen LogP contribution in [0.5, 0.6) is 0 Å². The fourth-order valence-corrected chi connectivity index (χ4v) is 2.37. The number of para-hydroxylation sites is 1. The summed E-state index contributed by atoms with van der Waals surface area (Å²) in [5, 5.41) is 2.84. The van der Waals surface area contributed by atoms with Crippen molar-refractivity contribution < 1.29 is 9.21 Å². The summed E-state index contributed by atoms with van der Waals surface area (Å²) < 4.78 is 5.91. The summed E-state index contributed by atoms with van der Waals surface area (Å²) >= 11 is 4.80. The molecule has 1 heterocycles. The van der Waals surface area contributed by atoms with E-state index >= 15 is 0 Å². The molecule has 2 rings (SSSR count). The van der Waals surface area contributed by atoms with Crippen LogP contribution in [0.1, 0.15) is 5.76 Å². The summed E-state index contributed by atoms with van der Waals surface area (Å²) in [5.74, 6) is 0.439. The van der Waals surface area contributed by atoms with Gasteiger partial charge in [0.05, 0.1) is 5.69 Å². The number of benzene rings is 1. The summed E-state index contributed by atoms with van der Waals surface area (Å²) in [6.07, 6.45) is 5.05. The third-order valence-corrected chi connectivity index (χ3v) is 3.58. The molecule has 0 aliphatic rings. The lowest BCUT2D eigenvalue weighted by Crippen LogP contribution is -2.08. The highest BCUT2D eigenvalue weighted by Gasteiger charge is 2.03. The number of carbonyl (C=O) groups excluding carboxylic acids is 1. The number of anilines is 1. The fourth-order valence-electron chi connectivity index (χ4n) is 1.50. The minimum atomic E-state index is -0.186. The third kappa shape index (κ3) is 4.01. The maximum absolute atomic E-state index is 11.8. The molecule has 2 aromatic rings. The number of halogens is 1. The molecule has 0 fully saturated rings. The molecule has 0 saturated heterocycles. The van der Waals surface area contributed by atoms with Crippen LogP contribution in [0.15, 0.2) is 56.5 Å². The van der Waals surface area contributed by atoms with Gasteiger partial charge in [-0.15, -0.1) is 11.8 Å². The summed E-state index contributed by atoms with van der Waals surface area (Å²) in [6.45, 7) is 0. The highest BCUT2D eigenvalue weighted by atomic mass is 79.9. The van der Waals surface area contributed by atoms with E-state index in [-0.39, 0.29) is 5.91 Å². The third-order valence-electron chi connectivity index (χ3n) is 2.36. The molecule has 0 bridgehead atoms. The lowest BCUT2D eigenvalue weighted by molar-refractivity contribution is -0.111. The van der Waals surface area contributed by atoms with Gasteiger partial charge in [-0.2, -0.15) is 0 Å². The van der Waals surface area contributed by atoms with Gasteiger partial charge in [0, 0.05) is 11.0 Å². The van der Waals surface area contributed by atoms with E-state index in [4.69, 9.17) is 4.42 Å². The first-order chi connectivity index (χ1) is 9.19. The first kappa shape index (κ1) is 14.0. The van der Waals surface area contributed by atoms with E-state index in [0.29, 0.717) is 10.4 Å². The highest BCUT2D eigenvalue weighted by Crippen LogP contribution is 2.24. The van der Waals surface area contributed by atoms with Gasteiger partial charge in [0.25, 0.3) is 0 Å². The Kier molecular flexibility index (Phi) is 4.87. The Morgan fingerprint density at radius 2 is 2.11 bits per heavy atom. The molecule has 0 spiro atoms. The summed E-state index contributed by atoms with van der Waals surface area (Å²) in [6, 6.07) is 11.2. The average Bonchev–Trinajstić information content (AvgIpc) is 2.83. The Morgan fingerprint density at radius 3 is 2.79 bits per heavy atom. The predicted molar refractivity (Wildman–Crippen MR) is 82.3 cm³/mol. The molecular weight excluding hydrogens is 326 g/mol. The normalized spacial score (nSPS) is 10.8. The molecule has 1 aromatic carbocycles. The zero-order chi connectivity index (χ0) is 13.7. The Hall–Kier alpha value is -1.46. The lowest BCUT2D eigenvalue weighted by atomic mass is 10.3. The van der Waals surface area contributed by atoms with Crippen LogP contribution in [0.3, 0.4) is 0 Å². The summed E-state index contributed by atoms with van der Waals surface area (Å²) in [5.41, 5.74) is 0.810. The van der Waals surface area contributed by atoms with E-state index < -0.39 is 0 Å². The van der Waals surface area contributed by atoms with Crippen molar-refractivity contribution in [2.75, 3.05) is 11.6 Å². The van der Waals surface area contributed by atoms with Gasteiger partial charge in [-0.25, -0.2) is 0 Å². The lowest BCUT2D eigenvalue weighted by Gasteiger charge is -2.06. The van der Waals surface area contributed by atoms with Gasteiger partial charge in [-0.3, -0.25) is 4.79 Å². The van der Waals surface area contributed by atoms with Gasteiger partial charge >= 0.3 is 0 Å². The van der Waals surface area contributed by atoms with Gasteiger partial charge < -0.3 is 9.73 Å². The van der Waals surface area contributed by atoms with Gasteiger partial charge in [0.1, 0.15) is 5.76 Å². The molecule has 0 saturated carbocycles. The van der Waals surface area contributed by atoms with E-state index in [0.717, 1.165) is 10.6 Å². The van der Waals surface area contributed by atoms with Crippen LogP contribution in [0.4, 0.5) is 5.69 Å². The maximum Gasteiger partial charge on any atom is 0.248 e. The van der Waals surface area contributed by atoms with Crippen molar-refractivity contribution in [3.05, 3.63) is 52.9 Å². The van der Waals surface area contributed by atoms with Crippen LogP contribution in [0, 0.1) is 0 Å². The van der Waals surface area contributed by atoms with Crippen LogP contribution >= 0.6 is 27.7 Å². The zero-order valence-corrected chi connectivity index (χ0v) is 12.6. The minimum Gasteiger partial charge on any atom is -0.450 e. The molecule has 0 radical (unpaired) electrons. The van der Waals surface area contributed by atoms with E-state index in [1.165, 1.54) is 6.08 Å². The number of nitrogens with one attached hydrogen (secondary N) is 1. The Morgan fingerprint density at radius 1 is 1.32 bits per heavy atom. The number of hydrogen-bond acceptors (Lipinski definition) is 3. The maximum atomic E-state index is 11.8. The fraction of sp³-hybridized carbons (Fsp3) is 0.0714. The quantitative estimate of drug-likeness (QED) is 0.663. The molecule has 0 aliphatic carbocycles. The van der Waals surface area contributed by atoms with Crippen LogP contribution in [-0.4, -0.2) is 12.2 Å². The smallest absolute Gasteiger partial charge is 0.248 e. The average molecular weight is 338 g/mol. The van der Waals surface area contributed by atoms with Crippen molar-refractivity contribution >= 4 is 45.4 Å². The minimum absolute atomic E-state index is 0.186. The molecule has 19 heavy (non-hydrogen) atoms. The van der Waals surface area contributed by atoms with Crippen molar-refractivity contribution in [1.29, 1.82) is 0 Å². The molecule has 1 aromatic heterocycles. The molecule has 1 N–H and O–H groups in total. The number of furan rings is 1. The highest BCUT2D eigenvalue weighted by molar-refractivity contribution is 9.10. The molecule has 0 aliphatic heterocycles. The monoisotopic (exact) mass is 337 g/mol. The molecule has 3 nitrogen and oxygen atoms in total. The number of carbonyl (C=O) groups is 1. The molecule has 98 valence electrons. The van der Waals surface area contributed by atoms with Gasteiger partial charge in [0.2, 0.25) is 5.91 Å². The Balaban J connectivity index is 2.03. The molecule has 0 unspecified atom stereocenters. The van der Waals surface area contributed by atoms with Crippen molar-refractivity contribution in [2.45, 2.75) is 4.90 Å². The second kappa shape index (κ2) is 6.63. The van der Waals surface area contributed by atoms with Crippen molar-refractivity contribution in [1.82, 2.24) is 0 Å². The number of thioether (sulfide) groups is 1. The molecule has 5 heteroatoms. The second-order valence-electron chi connectivity index (χ2n) is 3.66. The van der Waals surface area contributed by atoms with E-state index in [2.05, 4.69) is 21.2 Å². The number of amides is 1. The van der Waals surface area contributed by atoms with Gasteiger partial charge in [-0.1, -0.05) is 12.1 Å². The first-order valence-electron chi connectivity index (χ1n) is 5.56. The Bertz CT molecular complexity index is 607. The molecule has 0 atom stereocenters. The number of rotatable bonds is 4. The van der Waals surface area contributed by atoms with Crippen LogP contribution < -0.4 is 5.32 Å². The van der Waals surface area contributed by atoms with E-state index in [1.54, 1.807) is 30.0 Å².